The average Bonchev–Trinajstić information content (AvgIpc) is 2.66. The van der Waals surface area contributed by atoms with Gasteiger partial charge in [0, 0.05) is 13.1 Å². The van der Waals surface area contributed by atoms with Gasteiger partial charge in [-0.3, -0.25) is 0 Å². The number of piperidine rings is 1. The van der Waals surface area contributed by atoms with Crippen molar-refractivity contribution in [2.75, 3.05) is 19.6 Å². The zero-order valence-electron chi connectivity index (χ0n) is 11.5. The van der Waals surface area contributed by atoms with Crippen molar-refractivity contribution in [3.63, 3.8) is 0 Å². The first kappa shape index (κ1) is 13.6. The number of rotatable bonds is 0. The minimum absolute atomic E-state index is 0.279. The van der Waals surface area contributed by atoms with Crippen LogP contribution in [0.2, 0.25) is 0 Å². The van der Waals surface area contributed by atoms with E-state index in [0.29, 0.717) is 13.1 Å². The largest absolute Gasteiger partial charge is 0.444 e. The number of nitrogens with zero attached hydrogens (tertiary/aromatic N) is 1. The van der Waals surface area contributed by atoms with Crippen molar-refractivity contribution >= 4 is 6.09 Å². The van der Waals surface area contributed by atoms with Crippen molar-refractivity contribution in [2.45, 2.75) is 57.3 Å². The molecule has 0 aromatic rings. The highest BCUT2D eigenvalue weighted by Crippen LogP contribution is 2.30. The fourth-order valence-corrected chi connectivity index (χ4v) is 2.76. The molecule has 5 nitrogen and oxygen atoms in total. The Bertz CT molecular complexity index is 327. The number of hydrogen-bond donors (Lipinski definition) is 2. The van der Waals surface area contributed by atoms with E-state index in [-0.39, 0.29) is 17.7 Å². The van der Waals surface area contributed by atoms with Gasteiger partial charge >= 0.3 is 6.09 Å². The Morgan fingerprint density at radius 2 is 2.22 bits per heavy atom. The molecule has 18 heavy (non-hydrogen) atoms. The van der Waals surface area contributed by atoms with E-state index in [1.807, 2.05) is 20.8 Å². The number of ether oxygens (including phenoxy) is 1. The molecule has 104 valence electrons. The molecule has 0 aromatic carbocycles. The molecule has 0 bridgehead atoms. The second-order valence-electron chi connectivity index (χ2n) is 6.39. The lowest BCUT2D eigenvalue weighted by Crippen LogP contribution is -2.59. The van der Waals surface area contributed by atoms with Gasteiger partial charge in [-0.15, -0.1) is 0 Å². The van der Waals surface area contributed by atoms with Crippen LogP contribution in [-0.2, 0) is 4.74 Å². The molecule has 2 atom stereocenters. The number of aliphatic hydroxyl groups excluding tert-OH is 1. The Labute approximate surface area is 108 Å². The number of carbonyl (C=O) groups is 1. The molecule has 2 aliphatic rings. The molecule has 2 N–H and O–H groups in total. The molecule has 1 spiro atoms. The van der Waals surface area contributed by atoms with E-state index >= 15 is 0 Å². The van der Waals surface area contributed by atoms with E-state index in [4.69, 9.17) is 4.74 Å². The van der Waals surface area contributed by atoms with Crippen molar-refractivity contribution < 1.29 is 14.6 Å². The molecule has 2 saturated heterocycles. The zero-order chi connectivity index (χ0) is 13.4. The van der Waals surface area contributed by atoms with Crippen molar-refractivity contribution in [3.05, 3.63) is 0 Å². The number of nitrogens with one attached hydrogen (secondary N) is 1. The van der Waals surface area contributed by atoms with Gasteiger partial charge in [-0.1, -0.05) is 0 Å². The molecule has 2 rings (SSSR count). The molecule has 5 heteroatoms. The van der Waals surface area contributed by atoms with Gasteiger partial charge in [-0.2, -0.15) is 0 Å². The van der Waals surface area contributed by atoms with Crippen molar-refractivity contribution in [2.24, 2.45) is 0 Å². The van der Waals surface area contributed by atoms with Gasteiger partial charge in [0.15, 0.2) is 0 Å². The number of carbonyl (C=O) groups excluding carboxylic acids is 1. The molecule has 2 fully saturated rings. The summed E-state index contributed by atoms with van der Waals surface area (Å²) in [7, 11) is 0. The molecule has 0 aliphatic carbocycles. The summed E-state index contributed by atoms with van der Waals surface area (Å²) in [5.74, 6) is 0. The molecule has 1 amide bonds. The quantitative estimate of drug-likeness (QED) is 0.681. The van der Waals surface area contributed by atoms with E-state index < -0.39 is 5.60 Å². The third-order valence-corrected chi connectivity index (χ3v) is 3.72. The van der Waals surface area contributed by atoms with Gasteiger partial charge in [0.05, 0.1) is 11.6 Å². The van der Waals surface area contributed by atoms with Gasteiger partial charge in [0.25, 0.3) is 0 Å². The fraction of sp³-hybridized carbons (Fsp3) is 0.923. The van der Waals surface area contributed by atoms with Crippen LogP contribution in [0.3, 0.4) is 0 Å². The number of aliphatic hydroxyl groups is 1. The van der Waals surface area contributed by atoms with Crippen LogP contribution in [0.1, 0.15) is 40.0 Å². The Balaban J connectivity index is 1.97. The molecule has 0 saturated carbocycles. The highest BCUT2D eigenvalue weighted by atomic mass is 16.6. The van der Waals surface area contributed by atoms with E-state index in [1.54, 1.807) is 4.90 Å². The van der Waals surface area contributed by atoms with Crippen molar-refractivity contribution in [1.29, 1.82) is 0 Å². The first-order valence-electron chi connectivity index (χ1n) is 6.73. The molecule has 2 unspecified atom stereocenters. The van der Waals surface area contributed by atoms with Crippen LogP contribution in [0.5, 0.6) is 0 Å². The molecular formula is C13H24N2O3. The SMILES string of the molecule is CC(C)(C)OC(=O)N1CCC2(C1)NCCCC2O. The van der Waals surface area contributed by atoms with Crippen LogP contribution in [0, 0.1) is 0 Å². The molecule has 0 radical (unpaired) electrons. The van der Waals surface area contributed by atoms with Crippen molar-refractivity contribution in [1.82, 2.24) is 10.2 Å². The monoisotopic (exact) mass is 256 g/mol. The lowest BCUT2D eigenvalue weighted by molar-refractivity contribution is 0.0157. The Morgan fingerprint density at radius 1 is 1.50 bits per heavy atom. The summed E-state index contributed by atoms with van der Waals surface area (Å²) < 4.78 is 5.37. The number of amides is 1. The van der Waals surface area contributed by atoms with E-state index in [2.05, 4.69) is 5.32 Å². The lowest BCUT2D eigenvalue weighted by atomic mass is 9.85. The van der Waals surface area contributed by atoms with Gasteiger partial charge in [-0.05, 0) is 46.6 Å². The second kappa shape index (κ2) is 4.70. The minimum atomic E-state index is -0.467. The molecular weight excluding hydrogens is 232 g/mol. The van der Waals surface area contributed by atoms with E-state index in [9.17, 15) is 9.90 Å². The lowest BCUT2D eigenvalue weighted by Gasteiger charge is -2.39. The van der Waals surface area contributed by atoms with E-state index in [0.717, 1.165) is 25.8 Å². The van der Waals surface area contributed by atoms with Crippen molar-refractivity contribution in [3.8, 4) is 0 Å². The number of likely N-dealkylation sites (tertiary alicyclic amines) is 1. The summed E-state index contributed by atoms with van der Waals surface area (Å²) in [5.41, 5.74) is -0.777. The third kappa shape index (κ3) is 2.78. The third-order valence-electron chi connectivity index (χ3n) is 3.72. The van der Waals surface area contributed by atoms with Gasteiger partial charge < -0.3 is 20.1 Å². The summed E-state index contributed by atoms with van der Waals surface area (Å²) in [6.07, 6.45) is 1.97. The maximum Gasteiger partial charge on any atom is 0.410 e. The Kier molecular flexibility index (Phi) is 3.56. The Morgan fingerprint density at radius 3 is 2.83 bits per heavy atom. The predicted molar refractivity (Wildman–Crippen MR) is 68.4 cm³/mol. The Hall–Kier alpha value is -0.810. The fourth-order valence-electron chi connectivity index (χ4n) is 2.76. The van der Waals surface area contributed by atoms with Crippen LogP contribution in [0.15, 0.2) is 0 Å². The summed E-state index contributed by atoms with van der Waals surface area (Å²) in [5, 5.41) is 13.5. The van der Waals surface area contributed by atoms with Crippen LogP contribution in [0.4, 0.5) is 4.79 Å². The van der Waals surface area contributed by atoms with Gasteiger partial charge in [0.2, 0.25) is 0 Å². The van der Waals surface area contributed by atoms with E-state index in [1.165, 1.54) is 0 Å². The zero-order valence-corrected chi connectivity index (χ0v) is 11.5. The normalized spacial score (nSPS) is 32.9. The first-order chi connectivity index (χ1) is 8.32. The highest BCUT2D eigenvalue weighted by molar-refractivity contribution is 5.68. The predicted octanol–water partition coefficient (Wildman–Crippen LogP) is 1.11. The summed E-state index contributed by atoms with van der Waals surface area (Å²) in [6.45, 7) is 7.71. The van der Waals surface area contributed by atoms with Crippen LogP contribution in [0.25, 0.3) is 0 Å². The topological polar surface area (TPSA) is 61.8 Å². The molecule has 0 aromatic heterocycles. The smallest absolute Gasteiger partial charge is 0.410 e. The highest BCUT2D eigenvalue weighted by Gasteiger charge is 2.47. The molecule has 2 heterocycles. The number of hydrogen-bond acceptors (Lipinski definition) is 4. The summed E-state index contributed by atoms with van der Waals surface area (Å²) in [4.78, 5) is 13.7. The minimum Gasteiger partial charge on any atom is -0.444 e. The standard InChI is InChI=1S/C13H24N2O3/c1-12(2,3)18-11(17)15-8-6-13(9-15)10(16)5-4-7-14-13/h10,14,16H,4-9H2,1-3H3. The van der Waals surface area contributed by atoms with Crippen LogP contribution >= 0.6 is 0 Å². The first-order valence-corrected chi connectivity index (χ1v) is 6.73. The van der Waals surface area contributed by atoms with Crippen LogP contribution < -0.4 is 5.32 Å². The maximum atomic E-state index is 12.0. The maximum absolute atomic E-state index is 12.0. The average molecular weight is 256 g/mol. The van der Waals surface area contributed by atoms with Gasteiger partial charge in [-0.25, -0.2) is 4.79 Å². The van der Waals surface area contributed by atoms with Crippen LogP contribution in [-0.4, -0.2) is 53.0 Å². The summed E-state index contributed by atoms with van der Waals surface area (Å²) in [6, 6.07) is 0. The molecule has 2 aliphatic heterocycles. The van der Waals surface area contributed by atoms with Gasteiger partial charge in [0.1, 0.15) is 5.60 Å². The second-order valence-corrected chi connectivity index (χ2v) is 6.39. The summed E-state index contributed by atoms with van der Waals surface area (Å²) >= 11 is 0.